The number of rotatable bonds is 5. The first kappa shape index (κ1) is 20.7. The summed E-state index contributed by atoms with van der Waals surface area (Å²) in [5.41, 5.74) is 2.76. The molecule has 0 aliphatic carbocycles. The lowest BCUT2D eigenvalue weighted by atomic mass is 10.1. The van der Waals surface area contributed by atoms with Crippen LogP contribution in [0.2, 0.25) is 10.0 Å². The number of hydrogen-bond acceptors (Lipinski definition) is 6. The summed E-state index contributed by atoms with van der Waals surface area (Å²) in [6.45, 7) is 0. The third-order valence-corrected chi connectivity index (χ3v) is 6.32. The molecule has 0 saturated carbocycles. The lowest BCUT2D eigenvalue weighted by Gasteiger charge is -2.06. The van der Waals surface area contributed by atoms with Crippen molar-refractivity contribution in [3.8, 4) is 11.4 Å². The highest BCUT2D eigenvalue weighted by Crippen LogP contribution is 2.31. The van der Waals surface area contributed by atoms with Crippen molar-refractivity contribution in [2.24, 2.45) is 0 Å². The average Bonchev–Trinajstić information content (AvgIpc) is 3.32. The number of carbonyl (C=O) groups excluding carboxylic acids is 1. The number of aromatic nitrogens is 3. The number of para-hydroxylation sites is 1. The smallest absolute Gasteiger partial charge is 0.234 e. The van der Waals surface area contributed by atoms with Gasteiger partial charge >= 0.3 is 0 Å². The van der Waals surface area contributed by atoms with E-state index in [0.29, 0.717) is 37.9 Å². The molecule has 0 aliphatic rings. The Labute approximate surface area is 196 Å². The van der Waals surface area contributed by atoms with E-state index in [-0.39, 0.29) is 11.7 Å². The monoisotopic (exact) mass is 483 g/mol. The molecule has 0 spiro atoms. The molecule has 0 atom stereocenters. The molecular weight excluding hydrogens is 469 g/mol. The van der Waals surface area contributed by atoms with Gasteiger partial charge < -0.3 is 15.6 Å². The number of thioether (sulfide) groups is 1. The maximum atomic E-state index is 12.5. The number of anilines is 1. The predicted octanol–water partition coefficient (Wildman–Crippen LogP) is 5.60. The number of nitrogens with one attached hydrogen (secondary N) is 1. The largest absolute Gasteiger partial charge is 0.456 e. The number of carbonyl (C=O) groups is 1. The Morgan fingerprint density at radius 2 is 1.84 bits per heavy atom. The molecule has 5 aromatic rings. The fourth-order valence-electron chi connectivity index (χ4n) is 3.36. The summed E-state index contributed by atoms with van der Waals surface area (Å²) >= 11 is 13.3. The van der Waals surface area contributed by atoms with Crippen LogP contribution in [0.3, 0.4) is 0 Å². The van der Waals surface area contributed by atoms with Crippen LogP contribution in [0.5, 0.6) is 0 Å². The maximum absolute atomic E-state index is 12.5. The van der Waals surface area contributed by atoms with Crippen molar-refractivity contribution in [3.05, 3.63) is 70.7 Å². The number of nitrogens with two attached hydrogens (primary N) is 1. The van der Waals surface area contributed by atoms with Crippen LogP contribution in [0, 0.1) is 0 Å². The molecule has 2 heterocycles. The minimum absolute atomic E-state index is 0.0991. The van der Waals surface area contributed by atoms with Crippen molar-refractivity contribution in [2.75, 3.05) is 16.9 Å². The molecule has 10 heteroatoms. The van der Waals surface area contributed by atoms with Crippen molar-refractivity contribution >= 4 is 68.5 Å². The fourth-order valence-corrected chi connectivity index (χ4v) is 4.51. The van der Waals surface area contributed by atoms with Gasteiger partial charge in [-0.1, -0.05) is 53.2 Å². The zero-order valence-corrected chi connectivity index (χ0v) is 18.7. The predicted molar refractivity (Wildman–Crippen MR) is 129 cm³/mol. The minimum Gasteiger partial charge on any atom is -0.456 e. The van der Waals surface area contributed by atoms with Crippen LogP contribution in [0.15, 0.2) is 70.2 Å². The van der Waals surface area contributed by atoms with Gasteiger partial charge in [0.05, 0.1) is 10.8 Å². The summed E-state index contributed by atoms with van der Waals surface area (Å²) in [6.07, 6.45) is 0. The molecule has 1 amide bonds. The first-order chi connectivity index (χ1) is 15.5. The Bertz CT molecular complexity index is 1480. The summed E-state index contributed by atoms with van der Waals surface area (Å²) in [7, 11) is 0. The van der Waals surface area contributed by atoms with E-state index < -0.39 is 0 Å². The maximum Gasteiger partial charge on any atom is 0.234 e. The summed E-state index contributed by atoms with van der Waals surface area (Å²) in [5, 5.41) is 14.4. The van der Waals surface area contributed by atoms with Crippen LogP contribution in [0.1, 0.15) is 0 Å². The number of furan rings is 1. The highest BCUT2D eigenvalue weighted by atomic mass is 35.5. The third kappa shape index (κ3) is 3.88. The molecule has 7 nitrogen and oxygen atoms in total. The van der Waals surface area contributed by atoms with Gasteiger partial charge in [-0.15, -0.1) is 10.2 Å². The topological polar surface area (TPSA) is 99.0 Å². The van der Waals surface area contributed by atoms with E-state index in [1.165, 1.54) is 16.4 Å². The van der Waals surface area contributed by atoms with Crippen LogP contribution in [-0.4, -0.2) is 26.5 Å². The molecule has 0 bridgehead atoms. The first-order valence-corrected chi connectivity index (χ1v) is 11.2. The molecule has 160 valence electrons. The van der Waals surface area contributed by atoms with Crippen molar-refractivity contribution < 1.29 is 9.21 Å². The van der Waals surface area contributed by atoms with Crippen molar-refractivity contribution in [3.63, 3.8) is 0 Å². The van der Waals surface area contributed by atoms with Crippen LogP contribution in [0.25, 0.3) is 33.3 Å². The highest BCUT2D eigenvalue weighted by Gasteiger charge is 2.16. The van der Waals surface area contributed by atoms with E-state index in [0.717, 1.165) is 16.4 Å². The normalized spacial score (nSPS) is 11.3. The minimum atomic E-state index is -0.209. The fraction of sp³-hybridized carbons (Fsp3) is 0.0455. The summed E-state index contributed by atoms with van der Waals surface area (Å²) in [4.78, 5) is 12.5. The Balaban J connectivity index is 1.28. The molecule has 2 aromatic heterocycles. The van der Waals surface area contributed by atoms with Gasteiger partial charge in [0.2, 0.25) is 11.1 Å². The molecular formula is C22H15Cl2N5O2S. The molecule has 32 heavy (non-hydrogen) atoms. The van der Waals surface area contributed by atoms with Crippen LogP contribution < -0.4 is 11.2 Å². The van der Waals surface area contributed by atoms with E-state index in [2.05, 4.69) is 15.5 Å². The summed E-state index contributed by atoms with van der Waals surface area (Å²) in [5.74, 6) is 6.39. The van der Waals surface area contributed by atoms with Crippen LogP contribution in [-0.2, 0) is 4.79 Å². The quantitative estimate of drug-likeness (QED) is 0.249. The Hall–Kier alpha value is -3.20. The van der Waals surface area contributed by atoms with Crippen molar-refractivity contribution in [2.45, 2.75) is 5.16 Å². The van der Waals surface area contributed by atoms with Gasteiger partial charge in [0, 0.05) is 33.1 Å². The summed E-state index contributed by atoms with van der Waals surface area (Å²) < 4.78 is 7.17. The van der Waals surface area contributed by atoms with E-state index in [1.54, 1.807) is 18.2 Å². The zero-order chi connectivity index (χ0) is 22.2. The number of amides is 1. The van der Waals surface area contributed by atoms with Gasteiger partial charge in [0.25, 0.3) is 0 Å². The van der Waals surface area contributed by atoms with Gasteiger partial charge in [-0.25, -0.2) is 4.68 Å². The average molecular weight is 484 g/mol. The SMILES string of the molecule is Nn1c(SCC(=O)Nc2ccc3c(c2)oc2ccccc23)nnc1-c1ccc(Cl)cc1Cl. The van der Waals surface area contributed by atoms with Crippen molar-refractivity contribution in [1.82, 2.24) is 14.9 Å². The molecule has 0 unspecified atom stereocenters. The lowest BCUT2D eigenvalue weighted by Crippen LogP contribution is -2.16. The van der Waals surface area contributed by atoms with Crippen LogP contribution >= 0.6 is 35.0 Å². The number of nitrogens with zero attached hydrogens (tertiary/aromatic N) is 3. The van der Waals surface area contributed by atoms with Gasteiger partial charge in [-0.05, 0) is 36.4 Å². The zero-order valence-electron chi connectivity index (χ0n) is 16.4. The molecule has 3 aromatic carbocycles. The number of nitrogen functional groups attached to an aromatic ring is 1. The van der Waals surface area contributed by atoms with E-state index >= 15 is 0 Å². The first-order valence-electron chi connectivity index (χ1n) is 9.49. The van der Waals surface area contributed by atoms with Gasteiger partial charge in [-0.2, -0.15) is 0 Å². The molecule has 5 rings (SSSR count). The number of fused-ring (bicyclic) bond motifs is 3. The Kier molecular flexibility index (Phi) is 5.42. The van der Waals surface area contributed by atoms with Crippen molar-refractivity contribution in [1.29, 1.82) is 0 Å². The van der Waals surface area contributed by atoms with Gasteiger partial charge in [0.1, 0.15) is 11.2 Å². The van der Waals surface area contributed by atoms with E-state index in [9.17, 15) is 4.79 Å². The van der Waals surface area contributed by atoms with Crippen LogP contribution in [0.4, 0.5) is 5.69 Å². The van der Waals surface area contributed by atoms with E-state index in [1.807, 2.05) is 42.5 Å². The number of benzene rings is 3. The second-order valence-electron chi connectivity index (χ2n) is 6.95. The Morgan fingerprint density at radius 1 is 1.03 bits per heavy atom. The second kappa shape index (κ2) is 8.38. The molecule has 0 saturated heterocycles. The number of halogens is 2. The highest BCUT2D eigenvalue weighted by molar-refractivity contribution is 7.99. The third-order valence-electron chi connectivity index (χ3n) is 4.83. The Morgan fingerprint density at radius 3 is 2.69 bits per heavy atom. The second-order valence-corrected chi connectivity index (χ2v) is 8.73. The number of hydrogen-bond donors (Lipinski definition) is 2. The molecule has 0 aliphatic heterocycles. The van der Waals surface area contributed by atoms with E-state index in [4.69, 9.17) is 33.5 Å². The van der Waals surface area contributed by atoms with Gasteiger partial charge in [-0.3, -0.25) is 4.79 Å². The standard InChI is InChI=1S/C22H15Cl2N5O2S/c23-12-5-7-16(17(24)9-12)21-27-28-22(29(21)25)32-11-20(30)26-13-6-8-15-14-3-1-2-4-18(14)31-19(15)10-13/h1-10H,11,25H2,(H,26,30). The summed E-state index contributed by atoms with van der Waals surface area (Å²) in [6, 6.07) is 18.4. The molecule has 0 radical (unpaired) electrons. The van der Waals surface area contributed by atoms with Gasteiger partial charge in [0.15, 0.2) is 5.82 Å². The molecule has 3 N–H and O–H groups in total. The lowest BCUT2D eigenvalue weighted by molar-refractivity contribution is -0.113. The molecule has 0 fully saturated rings.